The maximum absolute atomic E-state index is 9.59. The lowest BCUT2D eigenvalue weighted by atomic mass is 10.0. The van der Waals surface area contributed by atoms with Crippen molar-refractivity contribution in [2.75, 3.05) is 19.6 Å². The first-order chi connectivity index (χ1) is 5.63. The van der Waals surface area contributed by atoms with E-state index in [4.69, 9.17) is 0 Å². The van der Waals surface area contributed by atoms with Crippen LogP contribution in [0.5, 0.6) is 0 Å². The van der Waals surface area contributed by atoms with Crippen molar-refractivity contribution in [3.8, 4) is 0 Å². The molecule has 12 heavy (non-hydrogen) atoms. The first kappa shape index (κ1) is 10.2. The average Bonchev–Trinajstić information content (AvgIpc) is 2.29. The number of aliphatic hydroxyl groups is 1. The first-order valence-corrected chi connectivity index (χ1v) is 5.16. The predicted octanol–water partition coefficient (Wildman–Crippen LogP) is 1.60. The minimum absolute atomic E-state index is 0.137. The second kappa shape index (κ2) is 4.40. The van der Waals surface area contributed by atoms with Crippen LogP contribution < -0.4 is 0 Å². The van der Waals surface area contributed by atoms with Crippen molar-refractivity contribution in [3.05, 3.63) is 11.1 Å². The van der Waals surface area contributed by atoms with Gasteiger partial charge in [-0.05, 0) is 12.3 Å². The Morgan fingerprint density at radius 2 is 2.33 bits per heavy atom. The molecule has 0 spiro atoms. The molecule has 0 radical (unpaired) electrons. The van der Waals surface area contributed by atoms with E-state index in [1.807, 2.05) is 0 Å². The molecule has 0 aromatic rings. The number of rotatable bonds is 3. The van der Waals surface area contributed by atoms with Gasteiger partial charge in [0, 0.05) is 24.1 Å². The van der Waals surface area contributed by atoms with Gasteiger partial charge >= 0.3 is 0 Å². The molecule has 0 aromatic heterocycles. The molecule has 2 unspecified atom stereocenters. The number of likely N-dealkylation sites (tertiary alicyclic amines) is 1. The topological polar surface area (TPSA) is 23.5 Å². The maximum Gasteiger partial charge on any atom is 0.0707 e. The van der Waals surface area contributed by atoms with Crippen LogP contribution in [0.25, 0.3) is 0 Å². The highest BCUT2D eigenvalue weighted by Gasteiger charge is 2.29. The second-order valence-electron chi connectivity index (χ2n) is 3.45. The fourth-order valence-electron chi connectivity index (χ4n) is 1.71. The molecular formula is C9H16BrNO. The molecule has 1 saturated heterocycles. The highest BCUT2D eigenvalue weighted by molar-refractivity contribution is 9.11. The Bertz CT molecular complexity index is 172. The SMILES string of the molecule is C=C(Br)CN1CC(O)C(CC)C1. The van der Waals surface area contributed by atoms with Crippen molar-refractivity contribution in [3.63, 3.8) is 0 Å². The summed E-state index contributed by atoms with van der Waals surface area (Å²) in [6.45, 7) is 8.56. The molecule has 3 heteroatoms. The third-order valence-corrected chi connectivity index (χ3v) is 2.65. The molecule has 0 saturated carbocycles. The van der Waals surface area contributed by atoms with Crippen molar-refractivity contribution in [1.82, 2.24) is 4.90 Å². The zero-order valence-corrected chi connectivity index (χ0v) is 9.05. The lowest BCUT2D eigenvalue weighted by Gasteiger charge is -2.13. The van der Waals surface area contributed by atoms with Gasteiger partial charge in [0.05, 0.1) is 6.10 Å². The quantitative estimate of drug-likeness (QED) is 0.801. The zero-order valence-electron chi connectivity index (χ0n) is 7.46. The minimum atomic E-state index is -0.137. The smallest absolute Gasteiger partial charge is 0.0707 e. The van der Waals surface area contributed by atoms with Gasteiger partial charge in [0.25, 0.3) is 0 Å². The summed E-state index contributed by atoms with van der Waals surface area (Å²) in [5.41, 5.74) is 0. The molecule has 1 rings (SSSR count). The Morgan fingerprint density at radius 3 is 2.75 bits per heavy atom. The van der Waals surface area contributed by atoms with Gasteiger partial charge in [-0.2, -0.15) is 0 Å². The van der Waals surface area contributed by atoms with E-state index < -0.39 is 0 Å². The molecular weight excluding hydrogens is 218 g/mol. The maximum atomic E-state index is 9.59. The third kappa shape index (κ3) is 2.57. The van der Waals surface area contributed by atoms with Crippen molar-refractivity contribution in [2.45, 2.75) is 19.4 Å². The molecule has 0 aliphatic carbocycles. The van der Waals surface area contributed by atoms with E-state index in [0.29, 0.717) is 5.92 Å². The lowest BCUT2D eigenvalue weighted by molar-refractivity contribution is 0.141. The third-order valence-electron chi connectivity index (χ3n) is 2.40. The Kier molecular flexibility index (Phi) is 3.75. The fourth-order valence-corrected chi connectivity index (χ4v) is 2.07. The summed E-state index contributed by atoms with van der Waals surface area (Å²) in [5, 5.41) is 9.59. The van der Waals surface area contributed by atoms with Crippen LogP contribution >= 0.6 is 15.9 Å². The van der Waals surface area contributed by atoms with Crippen LogP contribution in [-0.4, -0.2) is 35.7 Å². The van der Waals surface area contributed by atoms with Crippen LogP contribution in [0.1, 0.15) is 13.3 Å². The summed E-state index contributed by atoms with van der Waals surface area (Å²) >= 11 is 3.33. The minimum Gasteiger partial charge on any atom is -0.391 e. The normalized spacial score (nSPS) is 30.9. The van der Waals surface area contributed by atoms with Gasteiger partial charge < -0.3 is 5.11 Å². The standard InChI is InChI=1S/C9H16BrNO/c1-3-8-5-11(4-7(2)10)6-9(8)12/h8-9,12H,2-6H2,1H3. The predicted molar refractivity (Wildman–Crippen MR) is 54.3 cm³/mol. The van der Waals surface area contributed by atoms with Crippen LogP contribution in [0.3, 0.4) is 0 Å². The van der Waals surface area contributed by atoms with Gasteiger partial charge in [-0.15, -0.1) is 0 Å². The molecule has 0 amide bonds. The number of β-amino-alcohol motifs (C(OH)–C–C–N with tert-alkyl or cyclic N) is 1. The van der Waals surface area contributed by atoms with Crippen LogP contribution in [0, 0.1) is 5.92 Å². The van der Waals surface area contributed by atoms with Crippen LogP contribution in [0.4, 0.5) is 0 Å². The highest BCUT2D eigenvalue weighted by Crippen LogP contribution is 2.21. The number of nitrogens with zero attached hydrogens (tertiary/aromatic N) is 1. The van der Waals surface area contributed by atoms with Crippen LogP contribution in [0.15, 0.2) is 11.1 Å². The Morgan fingerprint density at radius 1 is 1.67 bits per heavy atom. The van der Waals surface area contributed by atoms with Gasteiger partial charge in [-0.3, -0.25) is 4.90 Å². The molecule has 1 aliphatic heterocycles. The summed E-state index contributed by atoms with van der Waals surface area (Å²) in [7, 11) is 0. The molecule has 2 nitrogen and oxygen atoms in total. The van der Waals surface area contributed by atoms with Gasteiger partial charge in [0.2, 0.25) is 0 Å². The zero-order chi connectivity index (χ0) is 9.14. The van der Waals surface area contributed by atoms with Gasteiger partial charge in [0.15, 0.2) is 0 Å². The monoisotopic (exact) mass is 233 g/mol. The average molecular weight is 234 g/mol. The molecule has 70 valence electrons. The number of halogens is 1. The van der Waals surface area contributed by atoms with E-state index in [1.54, 1.807) is 0 Å². The molecule has 1 aliphatic rings. The molecule has 1 heterocycles. The second-order valence-corrected chi connectivity index (χ2v) is 4.57. The highest BCUT2D eigenvalue weighted by atomic mass is 79.9. The number of aliphatic hydroxyl groups excluding tert-OH is 1. The van der Waals surface area contributed by atoms with E-state index in [1.165, 1.54) is 0 Å². The summed E-state index contributed by atoms with van der Waals surface area (Å²) in [4.78, 5) is 2.23. The Labute approximate surface area is 82.4 Å². The van der Waals surface area contributed by atoms with E-state index in [9.17, 15) is 5.11 Å². The van der Waals surface area contributed by atoms with E-state index in [0.717, 1.165) is 30.5 Å². The van der Waals surface area contributed by atoms with Crippen LogP contribution in [0.2, 0.25) is 0 Å². The summed E-state index contributed by atoms with van der Waals surface area (Å²) in [6, 6.07) is 0. The van der Waals surface area contributed by atoms with E-state index in [-0.39, 0.29) is 6.10 Å². The Hall–Kier alpha value is 0.140. The molecule has 0 bridgehead atoms. The van der Waals surface area contributed by atoms with Gasteiger partial charge in [-0.25, -0.2) is 0 Å². The summed E-state index contributed by atoms with van der Waals surface area (Å²) in [6.07, 6.45) is 0.925. The molecule has 1 fully saturated rings. The molecule has 1 N–H and O–H groups in total. The van der Waals surface area contributed by atoms with Crippen molar-refractivity contribution < 1.29 is 5.11 Å². The fraction of sp³-hybridized carbons (Fsp3) is 0.778. The van der Waals surface area contributed by atoms with Crippen molar-refractivity contribution in [1.29, 1.82) is 0 Å². The molecule has 2 atom stereocenters. The summed E-state index contributed by atoms with van der Waals surface area (Å²) < 4.78 is 0.992. The lowest BCUT2D eigenvalue weighted by Crippen LogP contribution is -2.22. The number of hydrogen-bond acceptors (Lipinski definition) is 2. The number of hydrogen-bond donors (Lipinski definition) is 1. The first-order valence-electron chi connectivity index (χ1n) is 4.37. The largest absolute Gasteiger partial charge is 0.391 e. The van der Waals surface area contributed by atoms with Gasteiger partial charge in [-0.1, -0.05) is 29.4 Å². The van der Waals surface area contributed by atoms with Gasteiger partial charge in [0.1, 0.15) is 0 Å². The van der Waals surface area contributed by atoms with Crippen molar-refractivity contribution in [2.24, 2.45) is 5.92 Å². The van der Waals surface area contributed by atoms with Crippen LogP contribution in [-0.2, 0) is 0 Å². The van der Waals surface area contributed by atoms with Crippen molar-refractivity contribution >= 4 is 15.9 Å². The summed E-state index contributed by atoms with van der Waals surface area (Å²) in [5.74, 6) is 0.455. The van der Waals surface area contributed by atoms with E-state index in [2.05, 4.69) is 34.3 Å². The van der Waals surface area contributed by atoms with E-state index >= 15 is 0 Å². The Balaban J connectivity index is 2.37. The molecule has 0 aromatic carbocycles.